The average molecular weight is 263 g/mol. The lowest BCUT2D eigenvalue weighted by Gasteiger charge is -2.08. The molecule has 0 fully saturated rings. The highest BCUT2D eigenvalue weighted by atomic mass is 127. The second-order valence-corrected chi connectivity index (χ2v) is 4.30. The third-order valence-corrected chi connectivity index (χ3v) is 2.74. The van der Waals surface area contributed by atoms with E-state index in [1.165, 1.54) is 0 Å². The van der Waals surface area contributed by atoms with Gasteiger partial charge in [-0.3, -0.25) is 0 Å². The van der Waals surface area contributed by atoms with E-state index in [9.17, 15) is 8.78 Å². The van der Waals surface area contributed by atoms with Crippen LogP contribution in [0, 0.1) is 0 Å². The summed E-state index contributed by atoms with van der Waals surface area (Å²) in [5.41, 5.74) is 0. The standard InChI is InChI=1S/C6H12F2IN/c1-9-6(7,8)4-3-5-10-2/h10H,1,3-5H2,2H3. The van der Waals surface area contributed by atoms with Crippen LogP contribution in [0.1, 0.15) is 12.8 Å². The third kappa shape index (κ3) is 5.22. The minimum Gasteiger partial charge on any atom is -0.320 e. The lowest BCUT2D eigenvalue weighted by atomic mass is 10.3. The van der Waals surface area contributed by atoms with Crippen molar-refractivity contribution in [3.63, 3.8) is 0 Å². The summed E-state index contributed by atoms with van der Waals surface area (Å²) >= 11 is -1.17. The topological polar surface area (TPSA) is 12.0 Å². The largest absolute Gasteiger partial charge is 0.320 e. The molecule has 0 aliphatic carbocycles. The van der Waals surface area contributed by atoms with Gasteiger partial charge in [-0.2, -0.15) is 8.78 Å². The van der Waals surface area contributed by atoms with Gasteiger partial charge in [0.1, 0.15) is 0 Å². The van der Waals surface area contributed by atoms with Crippen molar-refractivity contribution in [2.45, 2.75) is 16.8 Å². The van der Waals surface area contributed by atoms with Crippen molar-refractivity contribution in [1.82, 2.24) is 5.32 Å². The van der Waals surface area contributed by atoms with E-state index in [1.807, 2.05) is 0 Å². The zero-order valence-electron chi connectivity index (χ0n) is 5.96. The van der Waals surface area contributed by atoms with E-state index >= 15 is 0 Å². The summed E-state index contributed by atoms with van der Waals surface area (Å²) in [5, 5.41) is 2.82. The lowest BCUT2D eigenvalue weighted by Crippen LogP contribution is -2.12. The first-order chi connectivity index (χ1) is 4.62. The summed E-state index contributed by atoms with van der Waals surface area (Å²) < 4.78 is 25.7. The van der Waals surface area contributed by atoms with Crippen LogP contribution in [0.4, 0.5) is 8.78 Å². The zero-order valence-corrected chi connectivity index (χ0v) is 8.12. The van der Waals surface area contributed by atoms with E-state index < -0.39 is 24.7 Å². The number of hydrogen-bond acceptors (Lipinski definition) is 1. The van der Waals surface area contributed by atoms with Crippen LogP contribution in [0.3, 0.4) is 0 Å². The molecule has 0 spiro atoms. The third-order valence-electron chi connectivity index (χ3n) is 1.08. The maximum atomic E-state index is 12.4. The Labute approximate surface area is 69.9 Å². The maximum Gasteiger partial charge on any atom is 0.291 e. The molecule has 0 aliphatic heterocycles. The van der Waals surface area contributed by atoms with Gasteiger partial charge in [0, 0.05) is 6.42 Å². The molecule has 0 aromatic rings. The number of alkyl halides is 3. The van der Waals surface area contributed by atoms with Gasteiger partial charge in [-0.1, -0.05) is 25.2 Å². The van der Waals surface area contributed by atoms with Crippen LogP contribution in [0.2, 0.25) is 0 Å². The lowest BCUT2D eigenvalue weighted by molar-refractivity contribution is 0.114. The molecule has 0 unspecified atom stereocenters. The van der Waals surface area contributed by atoms with Gasteiger partial charge < -0.3 is 5.32 Å². The molecule has 0 saturated carbocycles. The summed E-state index contributed by atoms with van der Waals surface area (Å²) in [6, 6.07) is 0. The highest BCUT2D eigenvalue weighted by Gasteiger charge is 2.23. The quantitative estimate of drug-likeness (QED) is 0.454. The molecule has 0 bridgehead atoms. The minimum absolute atomic E-state index is 0.00931. The Bertz CT molecular complexity index is 106. The van der Waals surface area contributed by atoms with Gasteiger partial charge in [0.2, 0.25) is 0 Å². The van der Waals surface area contributed by atoms with Crippen molar-refractivity contribution >= 4 is 25.2 Å². The Morgan fingerprint density at radius 1 is 1.60 bits per heavy atom. The molecule has 4 heteroatoms. The van der Waals surface area contributed by atoms with Crippen molar-refractivity contribution in [2.75, 3.05) is 13.6 Å². The van der Waals surface area contributed by atoms with Crippen LogP contribution in [-0.4, -0.2) is 22.0 Å². The Morgan fingerprint density at radius 3 is 2.60 bits per heavy atom. The molecule has 0 radical (unpaired) electrons. The summed E-state index contributed by atoms with van der Waals surface area (Å²) in [6.45, 7) is 0.666. The highest BCUT2D eigenvalue weighted by Crippen LogP contribution is 2.31. The molecule has 0 saturated heterocycles. The van der Waals surface area contributed by atoms with Crippen molar-refractivity contribution in [3.8, 4) is 0 Å². The molecule has 1 N–H and O–H groups in total. The number of halogens is 3. The van der Waals surface area contributed by atoms with Crippen LogP contribution >= 0.6 is 20.7 Å². The number of rotatable bonds is 5. The van der Waals surface area contributed by atoms with Crippen LogP contribution < -0.4 is 5.32 Å². The Balaban J connectivity index is 3.37. The molecular formula is C6H12F2IN. The van der Waals surface area contributed by atoms with Crippen molar-refractivity contribution in [2.24, 2.45) is 0 Å². The highest BCUT2D eigenvalue weighted by molar-refractivity contribution is 14.2. The number of hydrogen-bond donors (Lipinski definition) is 1. The number of nitrogens with one attached hydrogen (secondary N) is 1. The van der Waals surface area contributed by atoms with E-state index in [0.717, 1.165) is 0 Å². The minimum atomic E-state index is -2.45. The van der Waals surface area contributed by atoms with Gasteiger partial charge in [-0.25, -0.2) is 0 Å². The van der Waals surface area contributed by atoms with Crippen molar-refractivity contribution in [3.05, 3.63) is 0 Å². The van der Waals surface area contributed by atoms with Crippen molar-refractivity contribution < 1.29 is 8.78 Å². The fourth-order valence-corrected chi connectivity index (χ4v) is 1.30. The van der Waals surface area contributed by atoms with E-state index in [1.54, 1.807) is 7.05 Å². The van der Waals surface area contributed by atoms with Gasteiger partial charge >= 0.3 is 0 Å². The molecule has 1 nitrogen and oxygen atoms in total. The van der Waals surface area contributed by atoms with Crippen molar-refractivity contribution in [1.29, 1.82) is 0 Å². The normalized spacial score (nSPS) is 11.9. The first-order valence-corrected chi connectivity index (χ1v) is 5.65. The van der Waals surface area contributed by atoms with Gasteiger partial charge in [0.25, 0.3) is 3.93 Å². The monoisotopic (exact) mass is 263 g/mol. The molecule has 0 aliphatic rings. The fraction of sp³-hybridized carbons (Fsp3) is 0.833. The van der Waals surface area contributed by atoms with E-state index in [-0.39, 0.29) is 6.42 Å². The fourth-order valence-electron chi connectivity index (χ4n) is 0.532. The second kappa shape index (κ2) is 5.12. The predicted octanol–water partition coefficient (Wildman–Crippen LogP) is 1.98. The molecule has 0 amide bonds. The Morgan fingerprint density at radius 2 is 2.20 bits per heavy atom. The molecule has 0 heterocycles. The van der Waals surface area contributed by atoms with Gasteiger partial charge in [0.05, 0.1) is 0 Å². The molecule has 10 heavy (non-hydrogen) atoms. The summed E-state index contributed by atoms with van der Waals surface area (Å²) in [4.78, 5) is 0. The first kappa shape index (κ1) is 10.4. The summed E-state index contributed by atoms with van der Waals surface area (Å²) in [6.07, 6.45) is 0.531. The SMILES string of the molecule is C=IC(F)(F)CCCNC. The molecule has 0 rings (SSSR count). The Hall–Kier alpha value is 0.420. The van der Waals surface area contributed by atoms with E-state index in [2.05, 4.69) is 9.83 Å². The maximum absolute atomic E-state index is 12.4. The van der Waals surface area contributed by atoms with Crippen LogP contribution in [0.15, 0.2) is 0 Å². The Kier molecular flexibility index (Phi) is 5.34. The smallest absolute Gasteiger partial charge is 0.291 e. The van der Waals surface area contributed by atoms with E-state index in [0.29, 0.717) is 13.0 Å². The molecular weight excluding hydrogens is 251 g/mol. The van der Waals surface area contributed by atoms with Gasteiger partial charge in [-0.05, 0) is 20.0 Å². The van der Waals surface area contributed by atoms with Crippen LogP contribution in [0.5, 0.6) is 0 Å². The molecule has 0 aromatic carbocycles. The van der Waals surface area contributed by atoms with Crippen LogP contribution in [-0.2, 0) is 0 Å². The van der Waals surface area contributed by atoms with E-state index in [4.69, 9.17) is 0 Å². The summed E-state index contributed by atoms with van der Waals surface area (Å²) in [7, 11) is 1.76. The van der Waals surface area contributed by atoms with Crippen LogP contribution in [0.25, 0.3) is 0 Å². The van der Waals surface area contributed by atoms with Gasteiger partial charge in [0.15, 0.2) is 0 Å². The first-order valence-electron chi connectivity index (χ1n) is 3.04. The molecule has 0 atom stereocenters. The molecule has 62 valence electrons. The molecule has 0 aromatic heterocycles. The summed E-state index contributed by atoms with van der Waals surface area (Å²) in [5.74, 6) is 0. The average Bonchev–Trinajstić information content (AvgIpc) is 1.89. The predicted molar refractivity (Wildman–Crippen MR) is 49.2 cm³/mol. The van der Waals surface area contributed by atoms with Gasteiger partial charge in [-0.15, -0.1) is 0 Å². The second-order valence-electron chi connectivity index (χ2n) is 1.96. The zero-order chi connectivity index (χ0) is 8.04.